The van der Waals surface area contributed by atoms with Crippen molar-refractivity contribution in [2.75, 3.05) is 13.2 Å². The van der Waals surface area contributed by atoms with Gasteiger partial charge < -0.3 is 10.4 Å². The molecule has 0 atom stereocenters. The molecule has 0 heterocycles. The van der Waals surface area contributed by atoms with Gasteiger partial charge in [-0.05, 0) is 24.1 Å². The third-order valence-electron chi connectivity index (χ3n) is 2.29. The van der Waals surface area contributed by atoms with Crippen LogP contribution in [0.5, 0.6) is 0 Å². The maximum atomic E-state index is 11.7. The highest BCUT2D eigenvalue weighted by Gasteiger charge is 2.09. The van der Waals surface area contributed by atoms with Crippen molar-refractivity contribution in [1.29, 1.82) is 0 Å². The molecule has 0 radical (unpaired) electrons. The number of aldehydes is 1. The van der Waals surface area contributed by atoms with Crippen molar-refractivity contribution in [2.24, 2.45) is 0 Å². The molecule has 4 heteroatoms. The molecule has 1 aromatic rings. The largest absolute Gasteiger partial charge is 0.395 e. The Balaban J connectivity index is 2.94. The van der Waals surface area contributed by atoms with Gasteiger partial charge in [-0.15, -0.1) is 0 Å². The van der Waals surface area contributed by atoms with Crippen molar-refractivity contribution < 1.29 is 14.7 Å². The van der Waals surface area contributed by atoms with E-state index in [1.807, 2.05) is 6.92 Å². The average molecular weight is 221 g/mol. The number of amides is 1. The number of hydrogen-bond acceptors (Lipinski definition) is 3. The molecule has 0 saturated carbocycles. The average Bonchev–Trinajstić information content (AvgIpc) is 2.34. The van der Waals surface area contributed by atoms with Crippen LogP contribution in [0, 0.1) is 0 Å². The third-order valence-corrected chi connectivity index (χ3v) is 2.29. The lowest BCUT2D eigenvalue weighted by Crippen LogP contribution is -2.27. The fourth-order valence-electron chi connectivity index (χ4n) is 1.47. The topological polar surface area (TPSA) is 66.4 Å². The van der Waals surface area contributed by atoms with Gasteiger partial charge in [-0.1, -0.05) is 13.0 Å². The minimum Gasteiger partial charge on any atom is -0.395 e. The van der Waals surface area contributed by atoms with Crippen molar-refractivity contribution >= 4 is 12.2 Å². The molecule has 0 unspecified atom stereocenters. The highest BCUT2D eigenvalue weighted by Crippen LogP contribution is 2.12. The van der Waals surface area contributed by atoms with Gasteiger partial charge in [0.2, 0.25) is 0 Å². The Morgan fingerprint density at radius 1 is 1.50 bits per heavy atom. The Hall–Kier alpha value is -1.68. The van der Waals surface area contributed by atoms with Gasteiger partial charge in [0, 0.05) is 17.7 Å². The SMILES string of the molecule is CCc1cc(C=O)ccc1C(=O)NCCO. The normalized spacial score (nSPS) is 9.88. The molecule has 0 saturated heterocycles. The molecular formula is C12H15NO3. The first-order valence-corrected chi connectivity index (χ1v) is 5.20. The Morgan fingerprint density at radius 3 is 2.81 bits per heavy atom. The highest BCUT2D eigenvalue weighted by atomic mass is 16.3. The van der Waals surface area contributed by atoms with Crippen LogP contribution in [0.25, 0.3) is 0 Å². The Morgan fingerprint density at radius 2 is 2.25 bits per heavy atom. The van der Waals surface area contributed by atoms with Crippen LogP contribution >= 0.6 is 0 Å². The second-order valence-electron chi connectivity index (χ2n) is 3.37. The lowest BCUT2D eigenvalue weighted by molar-refractivity contribution is 0.0943. The number of carbonyl (C=O) groups excluding carboxylic acids is 2. The number of aliphatic hydroxyl groups excluding tert-OH is 1. The van der Waals surface area contributed by atoms with E-state index < -0.39 is 0 Å². The number of benzene rings is 1. The molecule has 16 heavy (non-hydrogen) atoms. The molecule has 0 aliphatic carbocycles. The minimum absolute atomic E-state index is 0.0837. The van der Waals surface area contributed by atoms with Crippen LogP contribution in [-0.4, -0.2) is 30.5 Å². The fourth-order valence-corrected chi connectivity index (χ4v) is 1.47. The van der Waals surface area contributed by atoms with E-state index in [-0.39, 0.29) is 19.1 Å². The van der Waals surface area contributed by atoms with Gasteiger partial charge >= 0.3 is 0 Å². The van der Waals surface area contributed by atoms with Crippen molar-refractivity contribution in [3.05, 3.63) is 34.9 Å². The summed E-state index contributed by atoms with van der Waals surface area (Å²) in [5, 5.41) is 11.2. The lowest BCUT2D eigenvalue weighted by atomic mass is 10.0. The molecule has 0 spiro atoms. The van der Waals surface area contributed by atoms with Crippen molar-refractivity contribution in [3.63, 3.8) is 0 Å². The molecule has 0 aliphatic rings. The standard InChI is InChI=1S/C12H15NO3/c1-2-10-7-9(8-15)3-4-11(10)12(16)13-5-6-14/h3-4,7-8,14H,2,5-6H2,1H3,(H,13,16). The Kier molecular flexibility index (Phi) is 4.66. The van der Waals surface area contributed by atoms with E-state index >= 15 is 0 Å². The van der Waals surface area contributed by atoms with Gasteiger partial charge in [0.05, 0.1) is 6.61 Å². The summed E-state index contributed by atoms with van der Waals surface area (Å²) in [7, 11) is 0. The van der Waals surface area contributed by atoms with Crippen LogP contribution in [-0.2, 0) is 6.42 Å². The van der Waals surface area contributed by atoms with E-state index in [1.165, 1.54) is 0 Å². The Labute approximate surface area is 94.3 Å². The van der Waals surface area contributed by atoms with E-state index in [2.05, 4.69) is 5.32 Å². The van der Waals surface area contributed by atoms with E-state index in [1.54, 1.807) is 18.2 Å². The second kappa shape index (κ2) is 6.02. The minimum atomic E-state index is -0.219. The van der Waals surface area contributed by atoms with E-state index in [0.29, 0.717) is 17.5 Å². The summed E-state index contributed by atoms with van der Waals surface area (Å²) in [6, 6.07) is 4.95. The smallest absolute Gasteiger partial charge is 0.251 e. The van der Waals surface area contributed by atoms with Crippen LogP contribution < -0.4 is 5.32 Å². The van der Waals surface area contributed by atoms with Crippen molar-refractivity contribution in [1.82, 2.24) is 5.32 Å². The lowest BCUT2D eigenvalue weighted by Gasteiger charge is -2.08. The van der Waals surface area contributed by atoms with Crippen molar-refractivity contribution in [2.45, 2.75) is 13.3 Å². The Bertz CT molecular complexity index is 388. The monoisotopic (exact) mass is 221 g/mol. The molecule has 0 bridgehead atoms. The molecule has 1 aromatic carbocycles. The van der Waals surface area contributed by atoms with Crippen LogP contribution in [0.15, 0.2) is 18.2 Å². The van der Waals surface area contributed by atoms with Gasteiger partial charge in [-0.25, -0.2) is 0 Å². The highest BCUT2D eigenvalue weighted by molar-refractivity contribution is 5.96. The second-order valence-corrected chi connectivity index (χ2v) is 3.37. The molecule has 4 nitrogen and oxygen atoms in total. The maximum Gasteiger partial charge on any atom is 0.251 e. The summed E-state index contributed by atoms with van der Waals surface area (Å²) in [5.41, 5.74) is 1.96. The zero-order valence-corrected chi connectivity index (χ0v) is 9.19. The van der Waals surface area contributed by atoms with Crippen LogP contribution in [0.4, 0.5) is 0 Å². The first kappa shape index (κ1) is 12.4. The molecule has 0 aliphatic heterocycles. The first-order valence-electron chi connectivity index (χ1n) is 5.20. The summed E-state index contributed by atoms with van der Waals surface area (Å²) in [6.07, 6.45) is 1.44. The summed E-state index contributed by atoms with van der Waals surface area (Å²) >= 11 is 0. The van der Waals surface area contributed by atoms with E-state index in [9.17, 15) is 9.59 Å². The van der Waals surface area contributed by atoms with Crippen LogP contribution in [0.1, 0.15) is 33.2 Å². The number of nitrogens with one attached hydrogen (secondary N) is 1. The summed E-state index contributed by atoms with van der Waals surface area (Å²) in [6.45, 7) is 2.07. The molecule has 1 amide bonds. The number of aliphatic hydroxyl groups is 1. The molecule has 0 aromatic heterocycles. The molecule has 1 rings (SSSR count). The molecule has 86 valence electrons. The van der Waals surface area contributed by atoms with Crippen molar-refractivity contribution in [3.8, 4) is 0 Å². The summed E-state index contributed by atoms with van der Waals surface area (Å²) in [5.74, 6) is -0.219. The summed E-state index contributed by atoms with van der Waals surface area (Å²) < 4.78 is 0. The van der Waals surface area contributed by atoms with Gasteiger partial charge in [-0.3, -0.25) is 9.59 Å². The van der Waals surface area contributed by atoms with E-state index in [0.717, 1.165) is 11.8 Å². The molecule has 2 N–H and O–H groups in total. The predicted molar refractivity (Wildman–Crippen MR) is 60.6 cm³/mol. The van der Waals surface area contributed by atoms with Crippen LogP contribution in [0.2, 0.25) is 0 Å². The van der Waals surface area contributed by atoms with Gasteiger partial charge in [-0.2, -0.15) is 0 Å². The van der Waals surface area contributed by atoms with Gasteiger partial charge in [0.15, 0.2) is 0 Å². The fraction of sp³-hybridized carbons (Fsp3) is 0.333. The van der Waals surface area contributed by atoms with E-state index in [4.69, 9.17) is 5.11 Å². The molecule has 0 fully saturated rings. The van der Waals surface area contributed by atoms with Crippen LogP contribution in [0.3, 0.4) is 0 Å². The first-order chi connectivity index (χ1) is 7.72. The quantitative estimate of drug-likeness (QED) is 0.722. The van der Waals surface area contributed by atoms with Gasteiger partial charge in [0.1, 0.15) is 6.29 Å². The zero-order chi connectivity index (χ0) is 12.0. The summed E-state index contributed by atoms with van der Waals surface area (Å²) in [4.78, 5) is 22.3. The zero-order valence-electron chi connectivity index (χ0n) is 9.19. The number of hydrogen-bond donors (Lipinski definition) is 2. The molecular weight excluding hydrogens is 206 g/mol. The number of aryl methyl sites for hydroxylation is 1. The number of rotatable bonds is 5. The third kappa shape index (κ3) is 2.90. The maximum absolute atomic E-state index is 11.7. The van der Waals surface area contributed by atoms with Gasteiger partial charge in [0.25, 0.3) is 5.91 Å². The predicted octanol–water partition coefficient (Wildman–Crippen LogP) is 0.784. The number of carbonyl (C=O) groups is 2.